The molecule has 5 rings (SSSR count). The fourth-order valence-corrected chi connectivity index (χ4v) is 8.34. The van der Waals surface area contributed by atoms with Gasteiger partial charge in [0.2, 0.25) is 5.91 Å². The number of anilines is 1. The zero-order chi connectivity index (χ0) is 39.5. The van der Waals surface area contributed by atoms with Crippen molar-refractivity contribution in [3.63, 3.8) is 0 Å². The van der Waals surface area contributed by atoms with E-state index in [9.17, 15) is 14.7 Å². The fourth-order valence-electron chi connectivity index (χ4n) is 7.76. The predicted octanol–water partition coefficient (Wildman–Crippen LogP) is 6.11. The molecule has 2 fully saturated rings. The van der Waals surface area contributed by atoms with Crippen LogP contribution in [0.5, 0.6) is 5.75 Å². The van der Waals surface area contributed by atoms with Gasteiger partial charge in [0.25, 0.3) is 5.91 Å². The molecule has 6 unspecified atom stereocenters. The van der Waals surface area contributed by atoms with Gasteiger partial charge in [-0.1, -0.05) is 49.2 Å². The van der Waals surface area contributed by atoms with Crippen molar-refractivity contribution in [1.29, 1.82) is 0 Å². The first-order valence-electron chi connectivity index (χ1n) is 19.9. The first-order chi connectivity index (χ1) is 26.4. The van der Waals surface area contributed by atoms with Gasteiger partial charge in [-0.25, -0.2) is 4.31 Å². The second kappa shape index (κ2) is 21.1. The Morgan fingerprint density at radius 2 is 1.98 bits per heavy atom. The van der Waals surface area contributed by atoms with Gasteiger partial charge in [-0.05, 0) is 99.5 Å². The number of hydrogen-bond acceptors (Lipinski definition) is 10. The summed E-state index contributed by atoms with van der Waals surface area (Å²) < 4.78 is 23.4. The quantitative estimate of drug-likeness (QED) is 0.136. The standard InChI is InChI=1S/C42H62ClN5O6S/c1-7-10-31-23-35(43)14-16-36(31)34-26-48(38-24-32(13-17-40(38)54-28-34)41(50)42(51)44-55-45(4)5)25-33-12-15-37(33)39(11-8-9-18-46(6)30(3)49)53-22-20-47-19-21-52-27-29(47)2/h8,11,13-14,16-17,23-24,29,33-34,37,39,41,50H,7,9-10,12,15,18-22,25-28H2,1-6H3,(H,44,51)/b11-8+. The van der Waals surface area contributed by atoms with E-state index in [1.165, 1.54) is 11.1 Å². The number of morpholine rings is 1. The highest BCUT2D eigenvalue weighted by Crippen LogP contribution is 2.43. The van der Waals surface area contributed by atoms with Crippen LogP contribution in [0.2, 0.25) is 5.02 Å². The Labute approximate surface area is 337 Å². The molecular formula is C42H62ClN5O6S. The van der Waals surface area contributed by atoms with Gasteiger partial charge < -0.3 is 29.1 Å². The van der Waals surface area contributed by atoms with Crippen LogP contribution in [0.4, 0.5) is 5.69 Å². The minimum atomic E-state index is -1.33. The van der Waals surface area contributed by atoms with Crippen molar-refractivity contribution in [2.75, 3.05) is 85.2 Å². The molecule has 304 valence electrons. The number of carbonyl (C=O) groups is 2. The van der Waals surface area contributed by atoms with Crippen molar-refractivity contribution >= 4 is 41.2 Å². The molecule has 55 heavy (non-hydrogen) atoms. The smallest absolute Gasteiger partial charge is 0.264 e. The molecule has 11 nitrogen and oxygen atoms in total. The lowest BCUT2D eigenvalue weighted by atomic mass is 9.70. The highest BCUT2D eigenvalue weighted by Gasteiger charge is 2.39. The van der Waals surface area contributed by atoms with E-state index in [0.717, 1.165) is 93.5 Å². The maximum absolute atomic E-state index is 13.0. The molecule has 1 saturated heterocycles. The van der Waals surface area contributed by atoms with Crippen molar-refractivity contribution < 1.29 is 28.9 Å². The molecular weight excluding hydrogens is 738 g/mol. The summed E-state index contributed by atoms with van der Waals surface area (Å²) in [5.74, 6) is 1.06. The summed E-state index contributed by atoms with van der Waals surface area (Å²) in [6.07, 6.45) is 7.83. The molecule has 2 aromatic rings. The number of hydrogen-bond donors (Lipinski definition) is 2. The zero-order valence-electron chi connectivity index (χ0n) is 33.5. The minimum absolute atomic E-state index is 0.0593. The van der Waals surface area contributed by atoms with Crippen LogP contribution in [-0.4, -0.2) is 123 Å². The largest absolute Gasteiger partial charge is 0.491 e. The number of carbonyl (C=O) groups excluding carboxylic acids is 2. The van der Waals surface area contributed by atoms with Crippen LogP contribution in [0.25, 0.3) is 0 Å². The molecule has 2 N–H and O–H groups in total. The number of amides is 2. The maximum Gasteiger partial charge on any atom is 0.264 e. The van der Waals surface area contributed by atoms with E-state index in [4.69, 9.17) is 25.8 Å². The van der Waals surface area contributed by atoms with Crippen molar-refractivity contribution in [3.05, 3.63) is 70.3 Å². The number of fused-ring (bicyclic) bond motifs is 1. The summed E-state index contributed by atoms with van der Waals surface area (Å²) >= 11 is 7.63. The predicted molar refractivity (Wildman–Crippen MR) is 222 cm³/mol. The highest BCUT2D eigenvalue weighted by atomic mass is 35.5. The third kappa shape index (κ3) is 12.1. The average Bonchev–Trinajstić information content (AvgIpc) is 3.33. The highest BCUT2D eigenvalue weighted by molar-refractivity contribution is 7.95. The molecule has 0 bridgehead atoms. The second-order valence-corrected chi connectivity index (χ2v) is 17.0. The van der Waals surface area contributed by atoms with Gasteiger partial charge in [0.05, 0.1) is 38.2 Å². The summed E-state index contributed by atoms with van der Waals surface area (Å²) in [6, 6.07) is 12.2. The number of aliphatic hydroxyl groups excluding tert-OH is 1. The molecule has 0 aromatic heterocycles. The van der Waals surface area contributed by atoms with E-state index in [-0.39, 0.29) is 17.9 Å². The Morgan fingerprint density at radius 1 is 1.16 bits per heavy atom. The van der Waals surface area contributed by atoms with E-state index in [2.05, 4.69) is 52.7 Å². The number of aliphatic hydroxyl groups is 1. The van der Waals surface area contributed by atoms with Crippen LogP contribution >= 0.6 is 23.7 Å². The summed E-state index contributed by atoms with van der Waals surface area (Å²) in [4.78, 5) is 31.4. The van der Waals surface area contributed by atoms with E-state index >= 15 is 0 Å². The van der Waals surface area contributed by atoms with Crippen molar-refractivity contribution in [1.82, 2.24) is 18.8 Å². The Hall–Kier alpha value is -2.84. The average molecular weight is 801 g/mol. The Kier molecular flexibility index (Phi) is 16.6. The van der Waals surface area contributed by atoms with E-state index in [1.807, 2.05) is 39.3 Å². The fraction of sp³-hybridized carbons (Fsp3) is 0.619. The normalized spacial score (nSPS) is 22.7. The topological polar surface area (TPSA) is 107 Å². The summed E-state index contributed by atoms with van der Waals surface area (Å²) in [5.41, 5.74) is 3.88. The number of ether oxygens (including phenoxy) is 3. The Morgan fingerprint density at radius 3 is 2.69 bits per heavy atom. The lowest BCUT2D eigenvalue weighted by molar-refractivity contribution is -0.128. The molecule has 0 spiro atoms. The van der Waals surface area contributed by atoms with Crippen LogP contribution < -0.4 is 14.4 Å². The zero-order valence-corrected chi connectivity index (χ0v) is 35.1. The van der Waals surface area contributed by atoms with Crippen LogP contribution in [-0.2, 0) is 25.5 Å². The van der Waals surface area contributed by atoms with Gasteiger partial charge in [-0.3, -0.25) is 19.2 Å². The van der Waals surface area contributed by atoms with Gasteiger partial charge >= 0.3 is 0 Å². The molecule has 0 radical (unpaired) electrons. The number of benzene rings is 2. The summed E-state index contributed by atoms with van der Waals surface area (Å²) in [7, 11) is 5.49. The molecule has 3 aliphatic rings. The van der Waals surface area contributed by atoms with E-state index in [0.29, 0.717) is 49.7 Å². The minimum Gasteiger partial charge on any atom is -0.491 e. The lowest BCUT2D eigenvalue weighted by Crippen LogP contribution is -2.47. The third-order valence-electron chi connectivity index (χ3n) is 11.2. The van der Waals surface area contributed by atoms with Crippen LogP contribution in [0.15, 0.2) is 48.6 Å². The molecule has 1 saturated carbocycles. The monoisotopic (exact) mass is 799 g/mol. The van der Waals surface area contributed by atoms with Crippen molar-refractivity contribution in [2.24, 2.45) is 11.8 Å². The van der Waals surface area contributed by atoms with Gasteiger partial charge in [0.1, 0.15) is 5.75 Å². The number of nitrogens with zero attached hydrogens (tertiary/aromatic N) is 4. The molecule has 2 aliphatic heterocycles. The molecule has 2 aromatic carbocycles. The van der Waals surface area contributed by atoms with Crippen molar-refractivity contribution in [3.8, 4) is 5.75 Å². The number of nitrogens with one attached hydrogen (secondary N) is 1. The second-order valence-electron chi connectivity index (χ2n) is 15.5. The summed E-state index contributed by atoms with van der Waals surface area (Å²) in [6.45, 7) is 12.5. The summed E-state index contributed by atoms with van der Waals surface area (Å²) in [5, 5.41) is 11.9. The molecule has 6 atom stereocenters. The molecule has 2 amide bonds. The van der Waals surface area contributed by atoms with Gasteiger partial charge in [0.15, 0.2) is 6.10 Å². The van der Waals surface area contributed by atoms with Crippen LogP contribution in [0.3, 0.4) is 0 Å². The number of rotatable bonds is 18. The van der Waals surface area contributed by atoms with Gasteiger partial charge in [-0.2, -0.15) is 0 Å². The van der Waals surface area contributed by atoms with Gasteiger partial charge in [-0.15, -0.1) is 0 Å². The van der Waals surface area contributed by atoms with Crippen LogP contribution in [0, 0.1) is 11.8 Å². The molecule has 2 heterocycles. The maximum atomic E-state index is 13.0. The lowest BCUT2D eigenvalue weighted by Gasteiger charge is -2.44. The molecule has 13 heteroatoms. The van der Waals surface area contributed by atoms with Crippen molar-refractivity contribution in [2.45, 2.75) is 77.0 Å². The Bertz CT molecular complexity index is 1600. The Balaban J connectivity index is 1.40. The number of aryl methyl sites for hydroxylation is 1. The van der Waals surface area contributed by atoms with E-state index in [1.54, 1.807) is 22.2 Å². The molecule has 1 aliphatic carbocycles. The van der Waals surface area contributed by atoms with E-state index < -0.39 is 12.0 Å². The first kappa shape index (κ1) is 43.3. The SMILES string of the molecule is CCCc1cc(Cl)ccc1C1COc2ccc(C(O)C(=O)NSN(C)C)cc2N(CC2CCC2C(/C=C/CCN(C)C(C)=O)OCCN2CCOCC2C)C1. The number of halogens is 1. The van der Waals surface area contributed by atoms with Crippen LogP contribution in [0.1, 0.15) is 75.2 Å². The van der Waals surface area contributed by atoms with Gasteiger partial charge in [0, 0.05) is 75.8 Å². The third-order valence-corrected chi connectivity index (χ3v) is 12.1. The first-order valence-corrected chi connectivity index (χ1v) is 21.0.